The molecule has 0 aromatic rings. The molecule has 7 heteroatoms. The summed E-state index contributed by atoms with van der Waals surface area (Å²) in [5.41, 5.74) is 0. The summed E-state index contributed by atoms with van der Waals surface area (Å²) in [6, 6.07) is 0. The first-order valence-electron chi connectivity index (χ1n) is 9.41. The standard InChI is InChI=1S/C18H34O7/c1-5-9-11-15(7-3)13-21-17(19)24-25-18(20)23-22-14-16(8-4)12-10-6-2/h15-16H,5-14H2,1-4H3. The van der Waals surface area contributed by atoms with Gasteiger partial charge in [0.1, 0.15) is 0 Å². The largest absolute Gasteiger partial charge is 0.582 e. The Morgan fingerprint density at radius 3 is 1.76 bits per heavy atom. The highest BCUT2D eigenvalue weighted by molar-refractivity contribution is 5.63. The minimum atomic E-state index is -1.24. The molecule has 0 aliphatic carbocycles. The molecule has 148 valence electrons. The first kappa shape index (κ1) is 23.5. The number of ether oxygens (including phenoxy) is 1. The van der Waals surface area contributed by atoms with E-state index in [-0.39, 0.29) is 19.1 Å². The Morgan fingerprint density at radius 2 is 1.24 bits per heavy atom. The lowest BCUT2D eigenvalue weighted by atomic mass is 10.0. The summed E-state index contributed by atoms with van der Waals surface area (Å²) >= 11 is 0. The summed E-state index contributed by atoms with van der Waals surface area (Å²) in [5.74, 6) is 0.588. The van der Waals surface area contributed by atoms with Gasteiger partial charge in [-0.2, -0.15) is 24.3 Å². The zero-order valence-corrected chi connectivity index (χ0v) is 16.1. The molecule has 0 saturated heterocycles. The zero-order valence-electron chi connectivity index (χ0n) is 16.1. The van der Waals surface area contributed by atoms with Crippen molar-refractivity contribution < 1.29 is 33.9 Å². The molecule has 0 aromatic heterocycles. The average Bonchev–Trinajstić information content (AvgIpc) is 2.62. The Balaban J connectivity index is 3.80. The van der Waals surface area contributed by atoms with Gasteiger partial charge in [-0.15, -0.1) is 0 Å². The number of unbranched alkanes of at least 4 members (excludes halogenated alkanes) is 2. The molecule has 0 aliphatic rings. The van der Waals surface area contributed by atoms with Gasteiger partial charge in [-0.1, -0.05) is 66.2 Å². The fraction of sp³-hybridized carbons (Fsp3) is 0.889. The van der Waals surface area contributed by atoms with Gasteiger partial charge in [0.25, 0.3) is 0 Å². The van der Waals surface area contributed by atoms with E-state index in [4.69, 9.17) is 9.62 Å². The van der Waals surface area contributed by atoms with Crippen molar-refractivity contribution in [3.63, 3.8) is 0 Å². The molecule has 2 atom stereocenters. The maximum atomic E-state index is 11.4. The quantitative estimate of drug-likeness (QED) is 0.240. The molecule has 0 bridgehead atoms. The molecule has 0 radical (unpaired) electrons. The minimum Gasteiger partial charge on any atom is -0.431 e. The third kappa shape index (κ3) is 13.5. The Morgan fingerprint density at radius 1 is 0.720 bits per heavy atom. The first-order valence-corrected chi connectivity index (χ1v) is 9.41. The van der Waals surface area contributed by atoms with E-state index in [1.54, 1.807) is 0 Å². The van der Waals surface area contributed by atoms with Crippen LogP contribution in [-0.2, 0) is 24.3 Å². The molecule has 0 fully saturated rings. The van der Waals surface area contributed by atoms with Crippen molar-refractivity contribution in [2.75, 3.05) is 13.2 Å². The Kier molecular flexibility index (Phi) is 15.0. The van der Waals surface area contributed by atoms with E-state index < -0.39 is 12.3 Å². The Hall–Kier alpha value is -1.50. The monoisotopic (exact) mass is 362 g/mol. The molecule has 0 saturated carbocycles. The number of carbonyl (C=O) groups is 2. The van der Waals surface area contributed by atoms with Crippen LogP contribution in [0.5, 0.6) is 0 Å². The fourth-order valence-corrected chi connectivity index (χ4v) is 2.27. The van der Waals surface area contributed by atoms with Crippen LogP contribution in [0, 0.1) is 11.8 Å². The maximum Gasteiger partial charge on any atom is 0.582 e. The number of carbonyl (C=O) groups excluding carboxylic acids is 2. The lowest BCUT2D eigenvalue weighted by Crippen LogP contribution is -2.18. The van der Waals surface area contributed by atoms with Gasteiger partial charge in [0, 0.05) is 0 Å². The predicted octanol–water partition coefficient (Wildman–Crippen LogP) is 5.57. The van der Waals surface area contributed by atoms with Crippen molar-refractivity contribution in [2.45, 2.75) is 79.1 Å². The van der Waals surface area contributed by atoms with Gasteiger partial charge in [-0.25, -0.2) is 0 Å². The third-order valence-corrected chi connectivity index (χ3v) is 4.13. The summed E-state index contributed by atoms with van der Waals surface area (Å²) in [5, 5.41) is 0. The normalized spacial score (nSPS) is 13.0. The van der Waals surface area contributed by atoms with Crippen LogP contribution in [0.1, 0.15) is 79.1 Å². The van der Waals surface area contributed by atoms with Gasteiger partial charge < -0.3 is 4.74 Å². The second-order valence-electron chi connectivity index (χ2n) is 6.18. The molecule has 0 heterocycles. The highest BCUT2D eigenvalue weighted by atomic mass is 17.3. The molecule has 0 spiro atoms. The van der Waals surface area contributed by atoms with Crippen LogP contribution in [0.3, 0.4) is 0 Å². The molecule has 0 rings (SSSR count). The van der Waals surface area contributed by atoms with E-state index in [9.17, 15) is 9.59 Å². The smallest absolute Gasteiger partial charge is 0.431 e. The van der Waals surface area contributed by atoms with Crippen molar-refractivity contribution in [1.82, 2.24) is 0 Å². The van der Waals surface area contributed by atoms with E-state index in [0.29, 0.717) is 5.92 Å². The molecule has 0 N–H and O–H groups in total. The summed E-state index contributed by atoms with van der Waals surface area (Å²) < 4.78 is 4.91. The fourth-order valence-electron chi connectivity index (χ4n) is 2.27. The van der Waals surface area contributed by atoms with Gasteiger partial charge in [0.05, 0.1) is 13.2 Å². The van der Waals surface area contributed by atoms with Crippen LogP contribution in [0.2, 0.25) is 0 Å². The van der Waals surface area contributed by atoms with Crippen molar-refractivity contribution >= 4 is 12.3 Å². The number of hydrogen-bond acceptors (Lipinski definition) is 7. The SMILES string of the molecule is CCCCC(CC)COOC(=O)OOC(=O)OCC(CC)CCCC. The highest BCUT2D eigenvalue weighted by Gasteiger charge is 2.16. The van der Waals surface area contributed by atoms with Crippen LogP contribution in [-0.4, -0.2) is 25.5 Å². The third-order valence-electron chi connectivity index (χ3n) is 4.13. The van der Waals surface area contributed by atoms with Gasteiger partial charge >= 0.3 is 12.3 Å². The number of hydrogen-bond donors (Lipinski definition) is 0. The van der Waals surface area contributed by atoms with Crippen LogP contribution in [0.15, 0.2) is 0 Å². The molecule has 0 aromatic carbocycles. The topological polar surface area (TPSA) is 80.3 Å². The van der Waals surface area contributed by atoms with Gasteiger partial charge in [-0.05, 0) is 24.7 Å². The first-order chi connectivity index (χ1) is 12.1. The van der Waals surface area contributed by atoms with Gasteiger partial charge in [-0.3, -0.25) is 4.89 Å². The van der Waals surface area contributed by atoms with Crippen LogP contribution in [0.25, 0.3) is 0 Å². The van der Waals surface area contributed by atoms with Gasteiger partial charge in [0.15, 0.2) is 0 Å². The van der Waals surface area contributed by atoms with Crippen molar-refractivity contribution in [2.24, 2.45) is 11.8 Å². The summed E-state index contributed by atoms with van der Waals surface area (Å²) in [6.45, 7) is 8.82. The lowest BCUT2D eigenvalue weighted by Gasteiger charge is -2.14. The molecule has 2 unspecified atom stereocenters. The highest BCUT2D eigenvalue weighted by Crippen LogP contribution is 2.14. The molecule has 0 aliphatic heterocycles. The lowest BCUT2D eigenvalue weighted by molar-refractivity contribution is -0.306. The predicted molar refractivity (Wildman–Crippen MR) is 92.6 cm³/mol. The van der Waals surface area contributed by atoms with Crippen LogP contribution in [0.4, 0.5) is 9.59 Å². The Bertz CT molecular complexity index is 346. The maximum absolute atomic E-state index is 11.4. The van der Waals surface area contributed by atoms with E-state index in [1.165, 1.54) is 0 Å². The second kappa shape index (κ2) is 16.0. The van der Waals surface area contributed by atoms with E-state index >= 15 is 0 Å². The molecule has 25 heavy (non-hydrogen) atoms. The summed E-state index contributed by atoms with van der Waals surface area (Å²) in [7, 11) is 0. The second-order valence-corrected chi connectivity index (χ2v) is 6.18. The van der Waals surface area contributed by atoms with Crippen molar-refractivity contribution in [1.29, 1.82) is 0 Å². The van der Waals surface area contributed by atoms with Crippen molar-refractivity contribution in [3.05, 3.63) is 0 Å². The molecular weight excluding hydrogens is 328 g/mol. The van der Waals surface area contributed by atoms with Crippen molar-refractivity contribution in [3.8, 4) is 0 Å². The summed E-state index contributed by atoms with van der Waals surface area (Å²) in [4.78, 5) is 40.3. The average molecular weight is 362 g/mol. The number of rotatable bonds is 13. The van der Waals surface area contributed by atoms with Crippen LogP contribution < -0.4 is 0 Å². The molecular formula is C18H34O7. The minimum absolute atomic E-state index is 0.236. The summed E-state index contributed by atoms with van der Waals surface area (Å²) in [6.07, 6.45) is 5.88. The zero-order chi connectivity index (χ0) is 18.9. The van der Waals surface area contributed by atoms with E-state index in [0.717, 1.165) is 51.4 Å². The van der Waals surface area contributed by atoms with Gasteiger partial charge in [0.2, 0.25) is 0 Å². The Labute approximate surface area is 151 Å². The molecule has 0 amide bonds. The van der Waals surface area contributed by atoms with E-state index in [1.807, 2.05) is 13.8 Å². The van der Waals surface area contributed by atoms with E-state index in [2.05, 4.69) is 28.5 Å². The van der Waals surface area contributed by atoms with Crippen LogP contribution >= 0.6 is 0 Å². The molecule has 7 nitrogen and oxygen atoms in total.